The van der Waals surface area contributed by atoms with E-state index in [1.54, 1.807) is 0 Å². The van der Waals surface area contributed by atoms with Crippen molar-refractivity contribution < 1.29 is 4.79 Å². The summed E-state index contributed by atoms with van der Waals surface area (Å²) in [5.41, 5.74) is 3.44. The number of aryl methyl sites for hydroxylation is 1. The molecule has 1 atom stereocenters. The smallest absolute Gasteiger partial charge is 0.231 e. The average molecular weight is 508 g/mol. The van der Waals surface area contributed by atoms with Crippen LogP contribution < -0.4 is 10.2 Å². The summed E-state index contributed by atoms with van der Waals surface area (Å²) in [5, 5.41) is 7.71. The molecule has 1 N–H and O–H groups in total. The van der Waals surface area contributed by atoms with Gasteiger partial charge in [0, 0.05) is 51.0 Å². The Bertz CT molecular complexity index is 880. The van der Waals surface area contributed by atoms with Crippen LogP contribution in [-0.4, -0.2) is 59.3 Å². The molecule has 8 heteroatoms. The minimum Gasteiger partial charge on any atom is -0.357 e. The van der Waals surface area contributed by atoms with Crippen LogP contribution in [0.25, 0.3) is 0 Å². The first kappa shape index (κ1) is 21.6. The lowest BCUT2D eigenvalue weighted by molar-refractivity contribution is -0.117. The number of aliphatic imine (C=N–C) groups is 1. The van der Waals surface area contributed by atoms with Crippen molar-refractivity contribution in [2.75, 3.05) is 37.6 Å². The van der Waals surface area contributed by atoms with Gasteiger partial charge in [0.1, 0.15) is 0 Å². The number of hydrogen-bond acceptors (Lipinski definition) is 3. The quantitative estimate of drug-likeness (QED) is 0.383. The molecule has 0 aliphatic carbocycles. The molecule has 2 aliphatic heterocycles. The Morgan fingerprint density at radius 2 is 2.17 bits per heavy atom. The summed E-state index contributed by atoms with van der Waals surface area (Å²) in [6.45, 7) is 6.06. The molecule has 1 fully saturated rings. The highest BCUT2D eigenvalue weighted by Crippen LogP contribution is 2.28. The zero-order chi connectivity index (χ0) is 19.5. The van der Waals surface area contributed by atoms with Crippen LogP contribution in [0.2, 0.25) is 0 Å². The van der Waals surface area contributed by atoms with Gasteiger partial charge in [-0.25, -0.2) is 0 Å². The number of nitrogens with zero attached hydrogens (tertiary/aromatic N) is 5. The van der Waals surface area contributed by atoms with Crippen molar-refractivity contribution in [3.8, 4) is 0 Å². The molecule has 1 amide bonds. The summed E-state index contributed by atoms with van der Waals surface area (Å²) in [4.78, 5) is 21.3. The molecule has 1 unspecified atom stereocenters. The Balaban J connectivity index is 0.00000240. The Kier molecular flexibility index (Phi) is 7.15. The number of halogens is 1. The predicted octanol–water partition coefficient (Wildman–Crippen LogP) is 2.38. The third-order valence-corrected chi connectivity index (χ3v) is 5.53. The second-order valence-corrected chi connectivity index (χ2v) is 7.47. The van der Waals surface area contributed by atoms with E-state index in [4.69, 9.17) is 4.99 Å². The molecular formula is C21H29IN6O. The van der Waals surface area contributed by atoms with Crippen LogP contribution in [-0.2, 0) is 18.3 Å². The molecule has 3 heterocycles. The molecule has 1 saturated heterocycles. The minimum atomic E-state index is 0. The van der Waals surface area contributed by atoms with E-state index in [-0.39, 0.29) is 29.9 Å². The van der Waals surface area contributed by atoms with Crippen molar-refractivity contribution in [1.29, 1.82) is 0 Å². The topological polar surface area (TPSA) is 65.8 Å². The zero-order valence-electron chi connectivity index (χ0n) is 17.0. The Morgan fingerprint density at radius 1 is 1.34 bits per heavy atom. The van der Waals surface area contributed by atoms with Crippen LogP contribution in [0.5, 0.6) is 0 Å². The van der Waals surface area contributed by atoms with Gasteiger partial charge in [0.15, 0.2) is 5.96 Å². The van der Waals surface area contributed by atoms with Gasteiger partial charge in [-0.2, -0.15) is 5.10 Å². The number of hydrogen-bond donors (Lipinski definition) is 1. The van der Waals surface area contributed by atoms with Gasteiger partial charge in [-0.05, 0) is 30.5 Å². The first-order chi connectivity index (χ1) is 13.7. The zero-order valence-corrected chi connectivity index (χ0v) is 19.4. The third-order valence-electron chi connectivity index (χ3n) is 5.53. The molecule has 4 rings (SSSR count). The average Bonchev–Trinajstić information content (AvgIpc) is 3.40. The molecule has 0 saturated carbocycles. The number of aromatic nitrogens is 2. The van der Waals surface area contributed by atoms with Gasteiger partial charge >= 0.3 is 0 Å². The Morgan fingerprint density at radius 3 is 2.93 bits per heavy atom. The summed E-state index contributed by atoms with van der Waals surface area (Å²) in [6, 6.07) is 8.03. The molecule has 29 heavy (non-hydrogen) atoms. The first-order valence-corrected chi connectivity index (χ1v) is 10.1. The number of nitrogens with one attached hydrogen (secondary N) is 1. The van der Waals surface area contributed by atoms with E-state index in [1.165, 1.54) is 5.56 Å². The normalized spacial score (nSPS) is 18.8. The van der Waals surface area contributed by atoms with Crippen molar-refractivity contribution in [3.05, 3.63) is 47.8 Å². The lowest BCUT2D eigenvalue weighted by Crippen LogP contribution is -2.40. The maximum Gasteiger partial charge on any atom is 0.231 e. The van der Waals surface area contributed by atoms with Gasteiger partial charge in [-0.1, -0.05) is 18.2 Å². The lowest BCUT2D eigenvalue weighted by Gasteiger charge is -2.22. The number of amides is 1. The molecule has 2 aliphatic rings. The Labute approximate surface area is 189 Å². The fourth-order valence-electron chi connectivity index (χ4n) is 4.12. The van der Waals surface area contributed by atoms with E-state index in [9.17, 15) is 4.79 Å². The van der Waals surface area contributed by atoms with E-state index in [2.05, 4.69) is 28.4 Å². The molecule has 0 radical (unpaired) electrons. The highest BCUT2D eigenvalue weighted by Gasteiger charge is 2.28. The number of carbonyl (C=O) groups is 1. The molecule has 2 aromatic rings. The SMILES string of the molecule is CCNC(=NCCN1C(=O)Cc2ccccc21)N1CCC(c2cnn(C)c2)C1.I. The third kappa shape index (κ3) is 4.73. The molecular weight excluding hydrogens is 479 g/mol. The van der Waals surface area contributed by atoms with Gasteiger partial charge in [-0.15, -0.1) is 24.0 Å². The van der Waals surface area contributed by atoms with Gasteiger partial charge in [-0.3, -0.25) is 14.5 Å². The molecule has 0 spiro atoms. The maximum absolute atomic E-state index is 12.3. The number of rotatable bonds is 5. The van der Waals surface area contributed by atoms with E-state index in [0.717, 1.165) is 43.3 Å². The van der Waals surface area contributed by atoms with E-state index >= 15 is 0 Å². The maximum atomic E-state index is 12.3. The van der Waals surface area contributed by atoms with Gasteiger partial charge in [0.2, 0.25) is 5.91 Å². The lowest BCUT2D eigenvalue weighted by atomic mass is 10.0. The number of fused-ring (bicyclic) bond motifs is 1. The van der Waals surface area contributed by atoms with Crippen molar-refractivity contribution in [2.24, 2.45) is 12.0 Å². The molecule has 1 aromatic carbocycles. The van der Waals surface area contributed by atoms with Crippen LogP contribution in [0.1, 0.15) is 30.4 Å². The summed E-state index contributed by atoms with van der Waals surface area (Å²) in [7, 11) is 1.96. The number of guanidine groups is 1. The van der Waals surface area contributed by atoms with Crippen LogP contribution in [0.3, 0.4) is 0 Å². The second-order valence-electron chi connectivity index (χ2n) is 7.47. The van der Waals surface area contributed by atoms with Gasteiger partial charge in [0.25, 0.3) is 0 Å². The summed E-state index contributed by atoms with van der Waals surface area (Å²) >= 11 is 0. The number of carbonyl (C=O) groups excluding carboxylic acids is 1. The number of benzene rings is 1. The van der Waals surface area contributed by atoms with Crippen molar-refractivity contribution >= 4 is 41.5 Å². The molecule has 156 valence electrons. The predicted molar refractivity (Wildman–Crippen MR) is 126 cm³/mol. The van der Waals surface area contributed by atoms with Crippen molar-refractivity contribution in [1.82, 2.24) is 20.0 Å². The molecule has 7 nitrogen and oxygen atoms in total. The van der Waals surface area contributed by atoms with E-state index in [0.29, 0.717) is 25.4 Å². The summed E-state index contributed by atoms with van der Waals surface area (Å²) < 4.78 is 1.86. The van der Waals surface area contributed by atoms with Crippen LogP contribution in [0.4, 0.5) is 5.69 Å². The highest BCUT2D eigenvalue weighted by molar-refractivity contribution is 14.0. The van der Waals surface area contributed by atoms with Crippen molar-refractivity contribution in [3.63, 3.8) is 0 Å². The fraction of sp³-hybridized carbons (Fsp3) is 0.476. The largest absolute Gasteiger partial charge is 0.357 e. The number of para-hydroxylation sites is 1. The monoisotopic (exact) mass is 508 g/mol. The van der Waals surface area contributed by atoms with Crippen LogP contribution in [0.15, 0.2) is 41.7 Å². The first-order valence-electron chi connectivity index (χ1n) is 10.1. The highest BCUT2D eigenvalue weighted by atomic mass is 127. The summed E-state index contributed by atoms with van der Waals surface area (Å²) in [5.74, 6) is 1.60. The number of likely N-dealkylation sites (tertiary alicyclic amines) is 1. The van der Waals surface area contributed by atoms with E-state index in [1.807, 2.05) is 47.1 Å². The van der Waals surface area contributed by atoms with Crippen LogP contribution >= 0.6 is 24.0 Å². The molecule has 1 aromatic heterocycles. The minimum absolute atomic E-state index is 0. The standard InChI is InChI=1S/C21H28N6O.HI/c1-3-22-21(26-10-8-17(15-26)18-13-24-25(2)14-18)23-9-11-27-19-7-5-4-6-16(19)12-20(27)28;/h4-7,13-14,17H,3,8-12,15H2,1-2H3,(H,22,23);1H. The van der Waals surface area contributed by atoms with Crippen LogP contribution in [0, 0.1) is 0 Å². The number of anilines is 1. The van der Waals surface area contributed by atoms with E-state index < -0.39 is 0 Å². The summed E-state index contributed by atoms with van der Waals surface area (Å²) in [6.07, 6.45) is 5.68. The second kappa shape index (κ2) is 9.60. The Hall–Kier alpha value is -2.10. The van der Waals surface area contributed by atoms with Crippen molar-refractivity contribution in [2.45, 2.75) is 25.7 Å². The fourth-order valence-corrected chi connectivity index (χ4v) is 4.12. The molecule has 0 bridgehead atoms. The van der Waals surface area contributed by atoms with Gasteiger partial charge in [0.05, 0.1) is 19.2 Å². The van der Waals surface area contributed by atoms with Gasteiger partial charge < -0.3 is 15.1 Å².